The molecule has 4 aromatic rings. The molecule has 11 nitrogen and oxygen atoms in total. The number of aryl methyl sites for hydroxylation is 2. The number of rotatable bonds is 5. The van der Waals surface area contributed by atoms with Crippen molar-refractivity contribution in [3.05, 3.63) is 35.9 Å². The van der Waals surface area contributed by atoms with Gasteiger partial charge in [-0.05, 0) is 25.5 Å². The highest BCUT2D eigenvalue weighted by Gasteiger charge is 2.30. The summed E-state index contributed by atoms with van der Waals surface area (Å²) in [7, 11) is 2.08. The number of imidazole rings is 2. The number of fused-ring (bicyclic) bond motifs is 2. The van der Waals surface area contributed by atoms with E-state index in [-0.39, 0.29) is 0 Å². The van der Waals surface area contributed by atoms with E-state index in [2.05, 4.69) is 36.9 Å². The number of hydrogen-bond donors (Lipinski definition) is 0. The van der Waals surface area contributed by atoms with Crippen molar-refractivity contribution in [1.82, 2.24) is 38.9 Å². The molecular weight excluding hydrogens is 482 g/mol. The number of hydrogen-bond acceptors (Lipinski definition) is 9. The lowest BCUT2D eigenvalue weighted by atomic mass is 10.2. The van der Waals surface area contributed by atoms with E-state index in [1.54, 1.807) is 0 Å². The first kappa shape index (κ1) is 24.0. The molecule has 1 unspecified atom stereocenters. The van der Waals surface area contributed by atoms with Gasteiger partial charge in [-0.2, -0.15) is 9.97 Å². The second-order valence-electron chi connectivity index (χ2n) is 10.5. The molecule has 3 fully saturated rings. The molecule has 0 aliphatic carbocycles. The number of anilines is 1. The van der Waals surface area contributed by atoms with E-state index in [0.29, 0.717) is 25.2 Å². The first-order valence-electron chi connectivity index (χ1n) is 13.7. The van der Waals surface area contributed by atoms with Crippen LogP contribution in [0.2, 0.25) is 0 Å². The van der Waals surface area contributed by atoms with Crippen molar-refractivity contribution in [2.45, 2.75) is 25.9 Å². The first-order valence-corrected chi connectivity index (χ1v) is 13.7. The van der Waals surface area contributed by atoms with Crippen LogP contribution in [0.15, 0.2) is 24.3 Å². The average Bonchev–Trinajstić information content (AvgIpc) is 3.65. The van der Waals surface area contributed by atoms with Crippen LogP contribution in [0.1, 0.15) is 18.1 Å². The van der Waals surface area contributed by atoms with E-state index >= 15 is 0 Å². The molecule has 1 atom stereocenters. The van der Waals surface area contributed by atoms with Crippen LogP contribution < -0.4 is 4.90 Å². The van der Waals surface area contributed by atoms with Crippen molar-refractivity contribution in [3.8, 4) is 5.95 Å². The summed E-state index contributed by atoms with van der Waals surface area (Å²) >= 11 is 0. The lowest BCUT2D eigenvalue weighted by Gasteiger charge is -2.32. The Morgan fingerprint density at radius 1 is 0.895 bits per heavy atom. The van der Waals surface area contributed by atoms with Crippen LogP contribution in [0.25, 0.3) is 28.1 Å². The van der Waals surface area contributed by atoms with Gasteiger partial charge in [0.15, 0.2) is 17.0 Å². The Hall–Kier alpha value is -3.12. The van der Waals surface area contributed by atoms with Gasteiger partial charge < -0.3 is 18.9 Å². The number of aromatic nitrogens is 6. The highest BCUT2D eigenvalue weighted by molar-refractivity contribution is 5.86. The summed E-state index contributed by atoms with van der Waals surface area (Å²) in [6.45, 7) is 11.7. The highest BCUT2D eigenvalue weighted by atomic mass is 16.5. The summed E-state index contributed by atoms with van der Waals surface area (Å²) < 4.78 is 15.4. The minimum Gasteiger partial charge on any atom is -0.379 e. The number of benzene rings is 1. The molecular formula is C27H35N9O2. The Morgan fingerprint density at radius 2 is 1.66 bits per heavy atom. The molecule has 200 valence electrons. The van der Waals surface area contributed by atoms with Gasteiger partial charge in [-0.3, -0.25) is 14.4 Å². The average molecular weight is 518 g/mol. The second kappa shape index (κ2) is 9.88. The third-order valence-corrected chi connectivity index (χ3v) is 8.19. The van der Waals surface area contributed by atoms with Crippen LogP contribution in [0.3, 0.4) is 0 Å². The van der Waals surface area contributed by atoms with E-state index in [4.69, 9.17) is 29.4 Å². The fourth-order valence-corrected chi connectivity index (χ4v) is 6.11. The molecule has 0 radical (unpaired) electrons. The molecule has 11 heteroatoms. The van der Waals surface area contributed by atoms with Gasteiger partial charge in [0.25, 0.3) is 0 Å². The standard InChI is InChI=1S/C27H35N9O2/c1-19-28-21-5-3-4-6-22(21)36(19)27-30-25-24(26(31-27)35-11-15-38-16-12-35)29-23(32(25)2)18-33-8-7-20(17-33)34-9-13-37-14-10-34/h3-6,20H,7-18H2,1-2H3. The van der Waals surface area contributed by atoms with E-state index in [1.165, 1.54) is 6.42 Å². The van der Waals surface area contributed by atoms with Gasteiger partial charge in [0.2, 0.25) is 5.95 Å². The van der Waals surface area contributed by atoms with Crippen LogP contribution in [-0.4, -0.2) is 111 Å². The van der Waals surface area contributed by atoms with Crippen molar-refractivity contribution < 1.29 is 9.47 Å². The van der Waals surface area contributed by atoms with E-state index in [1.807, 2.05) is 25.1 Å². The van der Waals surface area contributed by atoms with Gasteiger partial charge in [-0.1, -0.05) is 12.1 Å². The monoisotopic (exact) mass is 517 g/mol. The number of nitrogens with zero attached hydrogens (tertiary/aromatic N) is 9. The quantitative estimate of drug-likeness (QED) is 0.393. The third kappa shape index (κ3) is 4.23. The zero-order chi connectivity index (χ0) is 25.6. The molecule has 0 N–H and O–H groups in total. The molecule has 38 heavy (non-hydrogen) atoms. The summed E-state index contributed by atoms with van der Waals surface area (Å²) in [5.41, 5.74) is 3.66. The summed E-state index contributed by atoms with van der Waals surface area (Å²) in [5.74, 6) is 3.40. The zero-order valence-electron chi connectivity index (χ0n) is 22.2. The molecule has 3 saturated heterocycles. The largest absolute Gasteiger partial charge is 0.379 e. The smallest absolute Gasteiger partial charge is 0.239 e. The third-order valence-electron chi connectivity index (χ3n) is 8.19. The maximum Gasteiger partial charge on any atom is 0.239 e. The van der Waals surface area contributed by atoms with Crippen molar-refractivity contribution in [3.63, 3.8) is 0 Å². The Kier molecular flexibility index (Phi) is 6.23. The molecule has 3 aliphatic rings. The molecule has 3 aliphatic heterocycles. The first-order chi connectivity index (χ1) is 18.7. The molecule has 1 aromatic carbocycles. The van der Waals surface area contributed by atoms with Crippen LogP contribution in [-0.2, 0) is 23.1 Å². The Morgan fingerprint density at radius 3 is 2.47 bits per heavy atom. The molecule has 7 rings (SSSR count). The zero-order valence-corrected chi connectivity index (χ0v) is 22.2. The number of likely N-dealkylation sites (tertiary alicyclic amines) is 1. The van der Waals surface area contributed by atoms with E-state index < -0.39 is 0 Å². The molecule has 0 amide bonds. The van der Waals surface area contributed by atoms with Crippen LogP contribution in [0, 0.1) is 6.92 Å². The van der Waals surface area contributed by atoms with Gasteiger partial charge in [-0.25, -0.2) is 9.97 Å². The highest BCUT2D eigenvalue weighted by Crippen LogP contribution is 2.29. The lowest BCUT2D eigenvalue weighted by molar-refractivity contribution is 0.0183. The van der Waals surface area contributed by atoms with Crippen molar-refractivity contribution in [2.24, 2.45) is 7.05 Å². The Bertz CT molecular complexity index is 1450. The molecule has 6 heterocycles. The maximum absolute atomic E-state index is 5.65. The van der Waals surface area contributed by atoms with Crippen molar-refractivity contribution in [1.29, 1.82) is 0 Å². The number of para-hydroxylation sites is 2. The summed E-state index contributed by atoms with van der Waals surface area (Å²) in [4.78, 5) is 27.5. The number of ether oxygens (including phenoxy) is 2. The number of morpholine rings is 2. The fraction of sp³-hybridized carbons (Fsp3) is 0.556. The van der Waals surface area contributed by atoms with Crippen LogP contribution in [0.5, 0.6) is 0 Å². The second-order valence-corrected chi connectivity index (χ2v) is 10.5. The molecule has 0 bridgehead atoms. The fourth-order valence-electron chi connectivity index (χ4n) is 6.11. The van der Waals surface area contributed by atoms with Gasteiger partial charge in [-0.15, -0.1) is 0 Å². The van der Waals surface area contributed by atoms with Crippen molar-refractivity contribution in [2.75, 3.05) is 70.6 Å². The minimum absolute atomic E-state index is 0.599. The minimum atomic E-state index is 0.599. The SMILES string of the molecule is Cc1nc2ccccc2n1-c1nc(N2CCOCC2)c2nc(CN3CCC(N4CCOCC4)C3)n(C)c2n1. The normalized spacial score (nSPS) is 21.7. The van der Waals surface area contributed by atoms with E-state index in [9.17, 15) is 0 Å². The maximum atomic E-state index is 5.65. The van der Waals surface area contributed by atoms with Gasteiger partial charge in [0.05, 0.1) is 44.0 Å². The summed E-state index contributed by atoms with van der Waals surface area (Å²) in [6, 6.07) is 8.75. The van der Waals surface area contributed by atoms with Crippen LogP contribution >= 0.6 is 0 Å². The molecule has 0 saturated carbocycles. The predicted molar refractivity (Wildman–Crippen MR) is 145 cm³/mol. The topological polar surface area (TPSA) is 89.6 Å². The predicted octanol–water partition coefficient (Wildman–Crippen LogP) is 1.75. The van der Waals surface area contributed by atoms with Crippen molar-refractivity contribution >= 4 is 28.0 Å². The van der Waals surface area contributed by atoms with Gasteiger partial charge >= 0.3 is 0 Å². The Balaban J connectivity index is 1.26. The summed E-state index contributed by atoms with van der Waals surface area (Å²) in [6.07, 6.45) is 1.19. The van der Waals surface area contributed by atoms with Gasteiger partial charge in [0.1, 0.15) is 11.6 Å². The van der Waals surface area contributed by atoms with Gasteiger partial charge in [0, 0.05) is 52.4 Å². The Labute approximate surface area is 222 Å². The van der Waals surface area contributed by atoms with Crippen LogP contribution in [0.4, 0.5) is 5.82 Å². The summed E-state index contributed by atoms with van der Waals surface area (Å²) in [5, 5.41) is 0. The van der Waals surface area contributed by atoms with E-state index in [0.717, 1.165) is 98.7 Å². The molecule has 0 spiro atoms. The lowest BCUT2D eigenvalue weighted by Crippen LogP contribution is -2.44. The molecule has 3 aromatic heterocycles.